The average molecular weight is 471 g/mol. The van der Waals surface area contributed by atoms with E-state index in [1.807, 2.05) is 30.3 Å². The summed E-state index contributed by atoms with van der Waals surface area (Å²) in [6.07, 6.45) is 3.99. The summed E-state index contributed by atoms with van der Waals surface area (Å²) in [5, 5.41) is 9.56. The van der Waals surface area contributed by atoms with Crippen molar-refractivity contribution < 1.29 is 13.2 Å². The molecule has 168 valence electrons. The number of Topliss-reactive ketones (excluding diaryl/α,β-unsaturated/α-hetero) is 1. The van der Waals surface area contributed by atoms with Gasteiger partial charge in [0.1, 0.15) is 5.82 Å². The number of nitrogens with one attached hydrogen (secondary N) is 1. The number of sulfonamides is 1. The number of thioether (sulfide) groups is 1. The van der Waals surface area contributed by atoms with Gasteiger partial charge in [-0.2, -0.15) is 0 Å². The van der Waals surface area contributed by atoms with Gasteiger partial charge in [-0.15, -0.1) is 10.2 Å². The van der Waals surface area contributed by atoms with Gasteiger partial charge in [0.2, 0.25) is 10.0 Å². The van der Waals surface area contributed by atoms with E-state index in [4.69, 9.17) is 0 Å². The second-order valence-electron chi connectivity index (χ2n) is 8.01. The van der Waals surface area contributed by atoms with E-state index >= 15 is 0 Å². The van der Waals surface area contributed by atoms with Crippen molar-refractivity contribution in [3.8, 4) is 0 Å². The van der Waals surface area contributed by atoms with Crippen molar-refractivity contribution in [3.05, 3.63) is 77.1 Å². The first-order valence-electron chi connectivity index (χ1n) is 10.6. The fourth-order valence-corrected chi connectivity index (χ4v) is 4.73. The van der Waals surface area contributed by atoms with Gasteiger partial charge in [0.25, 0.3) is 0 Å². The number of hydrogen-bond donors (Lipinski definition) is 1. The Balaban J connectivity index is 1.37. The lowest BCUT2D eigenvalue weighted by Crippen LogP contribution is -2.24. The molecule has 0 unspecified atom stereocenters. The highest BCUT2D eigenvalue weighted by atomic mass is 32.2. The van der Waals surface area contributed by atoms with Crippen molar-refractivity contribution in [2.45, 2.75) is 36.9 Å². The molecule has 2 aromatic carbocycles. The standard InChI is InChI=1S/C23H26N4O3S2/c1-32(29,30)24-14-13-17-7-9-19(10-8-17)21(28)16-31-23-26-25-22(20-11-12-20)27(23)15-18-5-3-2-4-6-18/h2-10,20,24H,11-16H2,1H3. The third kappa shape index (κ3) is 6.27. The van der Waals surface area contributed by atoms with E-state index in [-0.39, 0.29) is 11.5 Å². The molecule has 1 N–H and O–H groups in total. The number of rotatable bonds is 11. The second-order valence-corrected chi connectivity index (χ2v) is 10.8. The number of ketones is 1. The van der Waals surface area contributed by atoms with Crippen LogP contribution in [0.5, 0.6) is 0 Å². The van der Waals surface area contributed by atoms with Crippen LogP contribution in [0.1, 0.15) is 46.1 Å². The van der Waals surface area contributed by atoms with Gasteiger partial charge in [-0.1, -0.05) is 66.4 Å². The monoisotopic (exact) mass is 470 g/mol. The fraction of sp³-hybridized carbons (Fsp3) is 0.348. The number of hydrogen-bond acceptors (Lipinski definition) is 6. The van der Waals surface area contributed by atoms with Crippen LogP contribution < -0.4 is 4.72 Å². The van der Waals surface area contributed by atoms with Crippen LogP contribution in [-0.4, -0.2) is 47.5 Å². The quantitative estimate of drug-likeness (QED) is 0.341. The molecule has 7 nitrogen and oxygen atoms in total. The van der Waals surface area contributed by atoms with Crippen molar-refractivity contribution in [3.63, 3.8) is 0 Å². The summed E-state index contributed by atoms with van der Waals surface area (Å²) < 4.78 is 26.9. The average Bonchev–Trinajstić information content (AvgIpc) is 3.54. The maximum absolute atomic E-state index is 12.7. The first-order chi connectivity index (χ1) is 15.4. The zero-order chi connectivity index (χ0) is 22.6. The van der Waals surface area contributed by atoms with Crippen LogP contribution in [0.15, 0.2) is 59.8 Å². The Hall–Kier alpha value is -2.49. The predicted octanol–water partition coefficient (Wildman–Crippen LogP) is 3.27. The van der Waals surface area contributed by atoms with Gasteiger partial charge in [-0.3, -0.25) is 4.79 Å². The number of benzene rings is 2. The molecule has 0 bridgehead atoms. The van der Waals surface area contributed by atoms with E-state index in [9.17, 15) is 13.2 Å². The minimum Gasteiger partial charge on any atom is -0.301 e. The normalized spacial score (nSPS) is 13.9. The third-order valence-electron chi connectivity index (χ3n) is 5.26. The first-order valence-corrected chi connectivity index (χ1v) is 13.4. The second kappa shape index (κ2) is 9.97. The van der Waals surface area contributed by atoms with Gasteiger partial charge in [-0.05, 0) is 30.4 Å². The molecular weight excluding hydrogens is 444 g/mol. The van der Waals surface area contributed by atoms with Gasteiger partial charge >= 0.3 is 0 Å². The van der Waals surface area contributed by atoms with Crippen molar-refractivity contribution in [1.29, 1.82) is 0 Å². The van der Waals surface area contributed by atoms with E-state index in [0.29, 0.717) is 31.0 Å². The van der Waals surface area contributed by atoms with Crippen molar-refractivity contribution in [1.82, 2.24) is 19.5 Å². The Labute approximate surface area is 192 Å². The molecule has 1 heterocycles. The molecule has 1 aromatic heterocycles. The van der Waals surface area contributed by atoms with Crippen LogP contribution >= 0.6 is 11.8 Å². The van der Waals surface area contributed by atoms with Gasteiger partial charge in [-0.25, -0.2) is 13.1 Å². The number of nitrogens with zero attached hydrogens (tertiary/aromatic N) is 3. The largest absolute Gasteiger partial charge is 0.301 e. The maximum atomic E-state index is 12.7. The summed E-state index contributed by atoms with van der Waals surface area (Å²) in [6.45, 7) is 1.04. The van der Waals surface area contributed by atoms with Crippen LogP contribution in [0.2, 0.25) is 0 Å². The molecule has 0 aliphatic heterocycles. The Morgan fingerprint density at radius 1 is 1.06 bits per heavy atom. The zero-order valence-electron chi connectivity index (χ0n) is 17.9. The molecule has 4 rings (SSSR count). The summed E-state index contributed by atoms with van der Waals surface area (Å²) in [4.78, 5) is 12.7. The Kier molecular flexibility index (Phi) is 7.07. The highest BCUT2D eigenvalue weighted by Crippen LogP contribution is 2.40. The number of aromatic nitrogens is 3. The molecule has 0 saturated heterocycles. The van der Waals surface area contributed by atoms with E-state index < -0.39 is 10.0 Å². The first kappa shape index (κ1) is 22.7. The Bertz CT molecular complexity index is 1170. The van der Waals surface area contributed by atoms with Crippen LogP contribution in [0.3, 0.4) is 0 Å². The molecule has 32 heavy (non-hydrogen) atoms. The van der Waals surface area contributed by atoms with Gasteiger partial charge in [0.05, 0.1) is 18.6 Å². The Morgan fingerprint density at radius 2 is 1.78 bits per heavy atom. The van der Waals surface area contributed by atoms with Crippen LogP contribution in [-0.2, 0) is 23.0 Å². The smallest absolute Gasteiger partial charge is 0.208 e. The molecule has 0 atom stereocenters. The minimum absolute atomic E-state index is 0.0260. The molecular formula is C23H26N4O3S2. The lowest BCUT2D eigenvalue weighted by atomic mass is 10.1. The van der Waals surface area contributed by atoms with Crippen molar-refractivity contribution in [2.24, 2.45) is 0 Å². The molecule has 9 heteroatoms. The molecule has 3 aromatic rings. The molecule has 0 spiro atoms. The van der Waals surface area contributed by atoms with Gasteiger partial charge < -0.3 is 4.57 Å². The summed E-state index contributed by atoms with van der Waals surface area (Å²) >= 11 is 1.42. The highest BCUT2D eigenvalue weighted by molar-refractivity contribution is 7.99. The van der Waals surface area contributed by atoms with Crippen molar-refractivity contribution >= 4 is 27.6 Å². The summed E-state index contributed by atoms with van der Waals surface area (Å²) in [6, 6.07) is 17.5. The topological polar surface area (TPSA) is 93.9 Å². The van der Waals surface area contributed by atoms with Crippen LogP contribution in [0.25, 0.3) is 0 Å². The van der Waals surface area contributed by atoms with Crippen LogP contribution in [0.4, 0.5) is 0 Å². The maximum Gasteiger partial charge on any atom is 0.208 e. The zero-order valence-corrected chi connectivity index (χ0v) is 19.5. The third-order valence-corrected chi connectivity index (χ3v) is 6.95. The van der Waals surface area contributed by atoms with E-state index in [2.05, 4.69) is 31.6 Å². The molecule has 0 radical (unpaired) electrons. The molecule has 0 amide bonds. The molecule has 1 aliphatic carbocycles. The van der Waals surface area contributed by atoms with E-state index in [1.54, 1.807) is 12.1 Å². The lowest BCUT2D eigenvalue weighted by molar-refractivity contribution is 0.102. The molecule has 1 aliphatic rings. The van der Waals surface area contributed by atoms with E-state index in [1.165, 1.54) is 17.3 Å². The summed E-state index contributed by atoms with van der Waals surface area (Å²) in [5.41, 5.74) is 2.79. The molecule has 1 fully saturated rings. The summed E-state index contributed by atoms with van der Waals surface area (Å²) in [5.74, 6) is 1.79. The SMILES string of the molecule is CS(=O)(=O)NCCc1ccc(C(=O)CSc2nnc(C3CC3)n2Cc2ccccc2)cc1. The lowest BCUT2D eigenvalue weighted by Gasteiger charge is -2.10. The fourth-order valence-electron chi connectivity index (χ4n) is 3.42. The summed E-state index contributed by atoms with van der Waals surface area (Å²) in [7, 11) is -3.19. The van der Waals surface area contributed by atoms with Gasteiger partial charge in [0, 0.05) is 18.0 Å². The van der Waals surface area contributed by atoms with E-state index in [0.717, 1.165) is 35.6 Å². The number of carbonyl (C=O) groups is 1. The van der Waals surface area contributed by atoms with Gasteiger partial charge in [0.15, 0.2) is 10.9 Å². The number of carbonyl (C=O) groups excluding carboxylic acids is 1. The van der Waals surface area contributed by atoms with Crippen molar-refractivity contribution in [2.75, 3.05) is 18.6 Å². The molecule has 1 saturated carbocycles. The Morgan fingerprint density at radius 3 is 2.44 bits per heavy atom. The predicted molar refractivity (Wildman–Crippen MR) is 126 cm³/mol. The van der Waals surface area contributed by atoms with Crippen LogP contribution in [0, 0.1) is 0 Å². The minimum atomic E-state index is -3.19. The highest BCUT2D eigenvalue weighted by Gasteiger charge is 2.30.